The second-order valence-electron chi connectivity index (χ2n) is 4.70. The zero-order valence-electron chi connectivity index (χ0n) is 10.8. The molecule has 1 aliphatic heterocycles. The monoisotopic (exact) mass is 270 g/mol. The van der Waals surface area contributed by atoms with Crippen LogP contribution in [-0.4, -0.2) is 29.3 Å². The van der Waals surface area contributed by atoms with E-state index < -0.39 is 6.04 Å². The lowest BCUT2D eigenvalue weighted by Gasteiger charge is -2.38. The van der Waals surface area contributed by atoms with E-state index in [2.05, 4.69) is 11.9 Å². The number of likely N-dealkylation sites (tertiary alicyclic amines) is 1. The number of rotatable bonds is 3. The van der Waals surface area contributed by atoms with Gasteiger partial charge < -0.3 is 14.6 Å². The molecule has 1 aromatic carbocycles. The van der Waals surface area contributed by atoms with E-state index in [1.54, 1.807) is 12.3 Å². The summed E-state index contributed by atoms with van der Waals surface area (Å²) in [6, 6.07) is 6.91. The highest BCUT2D eigenvalue weighted by atomic mass is 16.3. The lowest BCUT2D eigenvalue weighted by Crippen LogP contribution is -2.56. The summed E-state index contributed by atoms with van der Waals surface area (Å²) < 4.78 is 5.29. The van der Waals surface area contributed by atoms with Crippen LogP contribution in [0.25, 0.3) is 11.0 Å². The number of hydrogen-bond donors (Lipinski definition) is 1. The van der Waals surface area contributed by atoms with Crippen molar-refractivity contribution in [2.75, 3.05) is 11.9 Å². The van der Waals surface area contributed by atoms with Gasteiger partial charge in [-0.25, -0.2) is 0 Å². The van der Waals surface area contributed by atoms with Crippen LogP contribution in [0, 0.1) is 0 Å². The van der Waals surface area contributed by atoms with Gasteiger partial charge in [0.25, 0.3) is 0 Å². The van der Waals surface area contributed by atoms with Gasteiger partial charge in [-0.15, -0.1) is 0 Å². The highest BCUT2D eigenvalue weighted by Crippen LogP contribution is 2.23. The number of benzene rings is 1. The topological polar surface area (TPSA) is 62.6 Å². The number of amides is 2. The predicted molar refractivity (Wildman–Crippen MR) is 75.2 cm³/mol. The highest BCUT2D eigenvalue weighted by Gasteiger charge is 2.36. The first-order chi connectivity index (χ1) is 9.69. The fourth-order valence-electron chi connectivity index (χ4n) is 2.30. The Labute approximate surface area is 115 Å². The Morgan fingerprint density at radius 2 is 2.25 bits per heavy atom. The molecular weight excluding hydrogens is 256 g/mol. The van der Waals surface area contributed by atoms with E-state index in [0.29, 0.717) is 18.7 Å². The minimum Gasteiger partial charge on any atom is -0.464 e. The van der Waals surface area contributed by atoms with Gasteiger partial charge in [0.15, 0.2) is 0 Å². The average molecular weight is 270 g/mol. The van der Waals surface area contributed by atoms with Crippen LogP contribution in [0.1, 0.15) is 6.42 Å². The Hall–Kier alpha value is -2.56. The maximum Gasteiger partial charge on any atom is 0.247 e. The number of carbonyl (C=O) groups excluding carboxylic acids is 2. The molecule has 20 heavy (non-hydrogen) atoms. The van der Waals surface area contributed by atoms with Crippen LogP contribution in [0.2, 0.25) is 0 Å². The quantitative estimate of drug-likeness (QED) is 0.869. The first-order valence-corrected chi connectivity index (χ1v) is 6.40. The third-order valence-corrected chi connectivity index (χ3v) is 3.50. The molecule has 0 spiro atoms. The van der Waals surface area contributed by atoms with Gasteiger partial charge in [0, 0.05) is 23.7 Å². The molecule has 0 unspecified atom stereocenters. The number of furan rings is 1. The summed E-state index contributed by atoms with van der Waals surface area (Å²) in [5, 5.41) is 3.79. The number of fused-ring (bicyclic) bond motifs is 1. The first kappa shape index (κ1) is 12.5. The summed E-state index contributed by atoms with van der Waals surface area (Å²) in [5.41, 5.74) is 1.38. The Bertz CT molecular complexity index is 689. The second-order valence-corrected chi connectivity index (χ2v) is 4.70. The second kappa shape index (κ2) is 4.85. The van der Waals surface area contributed by atoms with Crippen molar-refractivity contribution in [3.8, 4) is 0 Å². The third-order valence-electron chi connectivity index (χ3n) is 3.50. The molecule has 5 nitrogen and oxygen atoms in total. The van der Waals surface area contributed by atoms with Crippen molar-refractivity contribution in [1.29, 1.82) is 0 Å². The molecule has 3 rings (SSSR count). The molecule has 102 valence electrons. The SMILES string of the molecule is C=CC(=O)N1CC[C@H]1C(=O)Nc1ccc2ccoc2c1. The van der Waals surface area contributed by atoms with E-state index in [1.807, 2.05) is 18.2 Å². The summed E-state index contributed by atoms with van der Waals surface area (Å²) >= 11 is 0. The molecule has 0 saturated carbocycles. The molecule has 0 radical (unpaired) electrons. The van der Waals surface area contributed by atoms with Crippen molar-refractivity contribution in [3.05, 3.63) is 43.2 Å². The number of nitrogens with zero attached hydrogens (tertiary/aromatic N) is 1. The van der Waals surface area contributed by atoms with Crippen LogP contribution in [0.3, 0.4) is 0 Å². The Morgan fingerprint density at radius 1 is 1.40 bits per heavy atom. The zero-order valence-corrected chi connectivity index (χ0v) is 10.8. The molecule has 2 heterocycles. The molecule has 2 amide bonds. The number of carbonyl (C=O) groups is 2. The molecule has 1 aliphatic rings. The molecule has 5 heteroatoms. The number of nitrogens with one attached hydrogen (secondary N) is 1. The van der Waals surface area contributed by atoms with E-state index in [-0.39, 0.29) is 11.8 Å². The third kappa shape index (κ3) is 2.07. The maximum absolute atomic E-state index is 12.1. The van der Waals surface area contributed by atoms with Crippen molar-refractivity contribution in [1.82, 2.24) is 4.90 Å². The molecule has 0 aliphatic carbocycles. The largest absolute Gasteiger partial charge is 0.464 e. The number of hydrogen-bond acceptors (Lipinski definition) is 3. The summed E-state index contributed by atoms with van der Waals surface area (Å²) in [6.45, 7) is 4.03. The lowest BCUT2D eigenvalue weighted by molar-refractivity contribution is -0.141. The lowest BCUT2D eigenvalue weighted by atomic mass is 10.0. The fraction of sp³-hybridized carbons (Fsp3) is 0.200. The van der Waals surface area contributed by atoms with Crippen molar-refractivity contribution in [2.24, 2.45) is 0 Å². The van der Waals surface area contributed by atoms with Crippen LogP contribution >= 0.6 is 0 Å². The van der Waals surface area contributed by atoms with Gasteiger partial charge in [-0.2, -0.15) is 0 Å². The summed E-state index contributed by atoms with van der Waals surface area (Å²) in [4.78, 5) is 25.2. The normalized spacial score (nSPS) is 17.6. The van der Waals surface area contributed by atoms with Gasteiger partial charge in [-0.1, -0.05) is 6.58 Å². The van der Waals surface area contributed by atoms with E-state index >= 15 is 0 Å². The summed E-state index contributed by atoms with van der Waals surface area (Å²) in [6.07, 6.45) is 3.51. The molecule has 2 aromatic rings. The van der Waals surface area contributed by atoms with Crippen molar-refractivity contribution >= 4 is 28.5 Å². The Balaban J connectivity index is 1.72. The maximum atomic E-state index is 12.1. The molecule has 1 N–H and O–H groups in total. The fourth-order valence-corrected chi connectivity index (χ4v) is 2.30. The van der Waals surface area contributed by atoms with Crippen LogP contribution in [0.4, 0.5) is 5.69 Å². The molecule has 1 atom stereocenters. The average Bonchev–Trinajstić information content (AvgIpc) is 2.84. The van der Waals surface area contributed by atoms with E-state index in [9.17, 15) is 9.59 Å². The van der Waals surface area contributed by atoms with Crippen molar-refractivity contribution in [2.45, 2.75) is 12.5 Å². The molecule has 1 fully saturated rings. The number of anilines is 1. The van der Waals surface area contributed by atoms with Crippen LogP contribution < -0.4 is 5.32 Å². The zero-order chi connectivity index (χ0) is 14.1. The Morgan fingerprint density at radius 3 is 2.95 bits per heavy atom. The van der Waals surface area contributed by atoms with Gasteiger partial charge in [0.1, 0.15) is 11.6 Å². The minimum atomic E-state index is -0.409. The molecular formula is C15H14N2O3. The summed E-state index contributed by atoms with van der Waals surface area (Å²) in [5.74, 6) is -0.393. The molecule has 1 aromatic heterocycles. The van der Waals surface area contributed by atoms with Crippen LogP contribution in [-0.2, 0) is 9.59 Å². The molecule has 1 saturated heterocycles. The molecule has 0 bridgehead atoms. The first-order valence-electron chi connectivity index (χ1n) is 6.40. The van der Waals surface area contributed by atoms with Crippen LogP contribution in [0.15, 0.2) is 47.6 Å². The smallest absolute Gasteiger partial charge is 0.247 e. The minimum absolute atomic E-state index is 0.183. The Kier molecular flexibility index (Phi) is 3.02. The summed E-state index contributed by atoms with van der Waals surface area (Å²) in [7, 11) is 0. The standard InChI is InChI=1S/C15H14N2O3/c1-2-14(18)17-7-5-12(17)15(19)16-11-4-3-10-6-8-20-13(10)9-11/h2-4,6,8-9,12H,1,5,7H2,(H,16,19)/t12-/m0/s1. The van der Waals surface area contributed by atoms with Gasteiger partial charge >= 0.3 is 0 Å². The van der Waals surface area contributed by atoms with Gasteiger partial charge in [0.2, 0.25) is 11.8 Å². The van der Waals surface area contributed by atoms with E-state index in [4.69, 9.17) is 4.42 Å². The van der Waals surface area contributed by atoms with Crippen molar-refractivity contribution < 1.29 is 14.0 Å². The predicted octanol–water partition coefficient (Wildman–Crippen LogP) is 2.16. The van der Waals surface area contributed by atoms with Gasteiger partial charge in [0.05, 0.1) is 6.26 Å². The van der Waals surface area contributed by atoms with Gasteiger partial charge in [-0.05, 0) is 30.7 Å². The van der Waals surface area contributed by atoms with Crippen molar-refractivity contribution in [3.63, 3.8) is 0 Å². The van der Waals surface area contributed by atoms with Gasteiger partial charge in [-0.3, -0.25) is 9.59 Å². The van der Waals surface area contributed by atoms with E-state index in [0.717, 1.165) is 11.0 Å². The van der Waals surface area contributed by atoms with E-state index in [1.165, 1.54) is 11.0 Å². The van der Waals surface area contributed by atoms with Crippen LogP contribution in [0.5, 0.6) is 0 Å². The highest BCUT2D eigenvalue weighted by molar-refractivity contribution is 6.00.